The molecule has 25 heavy (non-hydrogen) atoms. The van der Waals surface area contributed by atoms with E-state index in [9.17, 15) is 13.2 Å². The number of thiophene rings is 1. The van der Waals surface area contributed by atoms with Gasteiger partial charge in [0.1, 0.15) is 0 Å². The molecule has 0 aliphatic carbocycles. The summed E-state index contributed by atoms with van der Waals surface area (Å²) in [5.41, 5.74) is 2.50. The molecule has 6 nitrogen and oxygen atoms in total. The van der Waals surface area contributed by atoms with E-state index >= 15 is 0 Å². The third kappa shape index (κ3) is 4.39. The summed E-state index contributed by atoms with van der Waals surface area (Å²) < 4.78 is 25.7. The van der Waals surface area contributed by atoms with Crippen LogP contribution in [0.2, 0.25) is 0 Å². The first-order valence-electron chi connectivity index (χ1n) is 7.63. The Balaban J connectivity index is 0.00000225. The second-order valence-corrected chi connectivity index (χ2v) is 8.32. The Hall–Kier alpha value is -1.45. The fraction of sp³-hybridized carbons (Fsp3) is 0.312. The largest absolute Gasteiger partial charge is 0.349 e. The molecule has 0 fully saturated rings. The lowest BCUT2D eigenvalue weighted by molar-refractivity contribution is 0.0953. The van der Waals surface area contributed by atoms with Crippen molar-refractivity contribution in [3.63, 3.8) is 0 Å². The minimum Gasteiger partial charge on any atom is -0.349 e. The number of nitrogens with one attached hydrogen (secondary N) is 3. The number of halogens is 1. The predicted molar refractivity (Wildman–Crippen MR) is 101 cm³/mol. The number of amides is 1. The summed E-state index contributed by atoms with van der Waals surface area (Å²) >= 11 is 1.12. The van der Waals surface area contributed by atoms with Gasteiger partial charge in [-0.3, -0.25) is 4.79 Å². The summed E-state index contributed by atoms with van der Waals surface area (Å²) in [4.78, 5) is 12.8. The number of hydrogen-bond donors (Lipinski definition) is 3. The molecule has 1 atom stereocenters. The Morgan fingerprint density at radius 1 is 1.36 bits per heavy atom. The van der Waals surface area contributed by atoms with E-state index in [0.717, 1.165) is 24.3 Å². The molecule has 1 aromatic heterocycles. The van der Waals surface area contributed by atoms with Crippen LogP contribution in [0, 0.1) is 0 Å². The lowest BCUT2D eigenvalue weighted by Crippen LogP contribution is -2.38. The third-order valence-corrected chi connectivity index (χ3v) is 6.53. The zero-order valence-electron chi connectivity index (χ0n) is 13.6. The molecular formula is C16H20ClN3O3S2. The van der Waals surface area contributed by atoms with Gasteiger partial charge in [-0.05, 0) is 37.2 Å². The van der Waals surface area contributed by atoms with E-state index in [1.54, 1.807) is 0 Å². The molecule has 9 heteroatoms. The highest BCUT2D eigenvalue weighted by molar-refractivity contribution is 7.89. The van der Waals surface area contributed by atoms with Crippen LogP contribution >= 0.6 is 23.7 Å². The van der Waals surface area contributed by atoms with Gasteiger partial charge in [0.25, 0.3) is 5.91 Å². The summed E-state index contributed by atoms with van der Waals surface area (Å²) in [5.74, 6) is -0.262. The Morgan fingerprint density at radius 2 is 2.12 bits per heavy atom. The van der Waals surface area contributed by atoms with Crippen molar-refractivity contribution in [2.45, 2.75) is 17.4 Å². The summed E-state index contributed by atoms with van der Waals surface area (Å²) in [6, 6.07) is 9.66. The molecule has 136 valence electrons. The van der Waals surface area contributed by atoms with E-state index < -0.39 is 10.0 Å². The smallest absolute Gasteiger partial charge is 0.261 e. The number of rotatable bonds is 5. The minimum absolute atomic E-state index is 0. The molecule has 0 bridgehead atoms. The van der Waals surface area contributed by atoms with Gasteiger partial charge in [-0.1, -0.05) is 24.3 Å². The van der Waals surface area contributed by atoms with Crippen molar-refractivity contribution >= 4 is 39.7 Å². The normalized spacial score (nSPS) is 16.6. The highest BCUT2D eigenvalue weighted by Crippen LogP contribution is 2.23. The molecule has 2 aromatic rings. The van der Waals surface area contributed by atoms with E-state index in [0.29, 0.717) is 11.4 Å². The van der Waals surface area contributed by atoms with Crippen LogP contribution in [0.25, 0.3) is 0 Å². The minimum atomic E-state index is -3.52. The van der Waals surface area contributed by atoms with Gasteiger partial charge in [0.2, 0.25) is 10.0 Å². The molecule has 1 aliphatic rings. The van der Waals surface area contributed by atoms with Crippen molar-refractivity contribution in [1.29, 1.82) is 0 Å². The predicted octanol–water partition coefficient (Wildman–Crippen LogP) is 1.69. The lowest BCUT2D eigenvalue weighted by Gasteiger charge is -2.27. The Bertz CT molecular complexity index is 852. The average Bonchev–Trinajstić information content (AvgIpc) is 3.10. The maximum atomic E-state index is 12.3. The fourth-order valence-electron chi connectivity index (χ4n) is 2.75. The number of carbonyl (C=O) groups is 1. The second-order valence-electron chi connectivity index (χ2n) is 5.52. The van der Waals surface area contributed by atoms with E-state index in [1.165, 1.54) is 29.6 Å². The van der Waals surface area contributed by atoms with Crippen molar-refractivity contribution in [3.8, 4) is 0 Å². The molecule has 1 unspecified atom stereocenters. The van der Waals surface area contributed by atoms with Crippen molar-refractivity contribution in [3.05, 3.63) is 51.7 Å². The van der Waals surface area contributed by atoms with Crippen LogP contribution in [-0.2, 0) is 16.4 Å². The van der Waals surface area contributed by atoms with Gasteiger partial charge < -0.3 is 10.6 Å². The first-order valence-corrected chi connectivity index (χ1v) is 9.99. The van der Waals surface area contributed by atoms with Gasteiger partial charge in [-0.15, -0.1) is 23.7 Å². The third-order valence-electron chi connectivity index (χ3n) is 4.06. The molecule has 0 saturated heterocycles. The SMILES string of the molecule is CNS(=O)(=O)c1csc(C(=O)NCC2NCCc3ccccc32)c1.Cl. The van der Waals surface area contributed by atoms with Crippen LogP contribution in [-0.4, -0.2) is 34.5 Å². The van der Waals surface area contributed by atoms with Crippen molar-refractivity contribution in [1.82, 2.24) is 15.4 Å². The van der Waals surface area contributed by atoms with Gasteiger partial charge in [0, 0.05) is 18.0 Å². The van der Waals surface area contributed by atoms with Gasteiger partial charge >= 0.3 is 0 Å². The van der Waals surface area contributed by atoms with Crippen LogP contribution in [0.5, 0.6) is 0 Å². The lowest BCUT2D eigenvalue weighted by atomic mass is 9.94. The maximum absolute atomic E-state index is 12.3. The molecule has 0 spiro atoms. The molecule has 1 amide bonds. The fourth-order valence-corrected chi connectivity index (χ4v) is 4.67. The quantitative estimate of drug-likeness (QED) is 0.711. The zero-order valence-corrected chi connectivity index (χ0v) is 16.1. The number of hydrogen-bond acceptors (Lipinski definition) is 5. The number of fused-ring (bicyclic) bond motifs is 1. The number of sulfonamides is 1. The van der Waals surface area contributed by atoms with Gasteiger partial charge in [0.15, 0.2) is 0 Å². The Kier molecular flexibility index (Phi) is 6.59. The van der Waals surface area contributed by atoms with Crippen LogP contribution in [0.15, 0.2) is 40.6 Å². The van der Waals surface area contributed by atoms with Gasteiger partial charge in [-0.2, -0.15) is 0 Å². The molecule has 3 N–H and O–H groups in total. The van der Waals surface area contributed by atoms with E-state index in [1.807, 2.05) is 12.1 Å². The average molecular weight is 402 g/mol. The van der Waals surface area contributed by atoms with Crippen LogP contribution in [0.3, 0.4) is 0 Å². The second kappa shape index (κ2) is 8.29. The first-order chi connectivity index (χ1) is 11.5. The molecule has 3 rings (SSSR count). The monoisotopic (exact) mass is 401 g/mol. The van der Waals surface area contributed by atoms with Crippen molar-refractivity contribution in [2.24, 2.45) is 0 Å². The Labute approximate surface area is 157 Å². The molecule has 1 aromatic carbocycles. The zero-order chi connectivity index (χ0) is 17.2. The molecule has 2 heterocycles. The molecular weight excluding hydrogens is 382 g/mol. The van der Waals surface area contributed by atoms with Crippen LogP contribution in [0.1, 0.15) is 26.8 Å². The summed E-state index contributed by atoms with van der Waals surface area (Å²) in [6.45, 7) is 1.34. The van der Waals surface area contributed by atoms with Crippen molar-refractivity contribution < 1.29 is 13.2 Å². The highest BCUT2D eigenvalue weighted by atomic mass is 35.5. The summed E-state index contributed by atoms with van der Waals surface area (Å²) in [7, 11) is -2.17. The highest BCUT2D eigenvalue weighted by Gasteiger charge is 2.21. The van der Waals surface area contributed by atoms with Crippen LogP contribution < -0.4 is 15.4 Å². The molecule has 0 radical (unpaired) electrons. The van der Waals surface area contributed by atoms with Gasteiger partial charge in [0.05, 0.1) is 9.77 Å². The maximum Gasteiger partial charge on any atom is 0.261 e. The van der Waals surface area contributed by atoms with Crippen LogP contribution in [0.4, 0.5) is 0 Å². The Morgan fingerprint density at radius 3 is 2.88 bits per heavy atom. The number of carbonyl (C=O) groups excluding carboxylic acids is 1. The summed E-state index contributed by atoms with van der Waals surface area (Å²) in [5, 5.41) is 7.76. The van der Waals surface area contributed by atoms with E-state index in [-0.39, 0.29) is 29.3 Å². The summed E-state index contributed by atoms with van der Waals surface area (Å²) in [6.07, 6.45) is 0.983. The van der Waals surface area contributed by atoms with Crippen molar-refractivity contribution in [2.75, 3.05) is 20.1 Å². The number of benzene rings is 1. The topological polar surface area (TPSA) is 87.3 Å². The van der Waals surface area contributed by atoms with Gasteiger partial charge in [-0.25, -0.2) is 13.1 Å². The molecule has 1 aliphatic heterocycles. The standard InChI is InChI=1S/C16H19N3O3S2.ClH/c1-17-24(21,22)12-8-15(23-10-12)16(20)19-9-14-13-5-3-2-4-11(13)6-7-18-14;/h2-5,8,10,14,17-18H,6-7,9H2,1H3,(H,19,20);1H. The van der Waals surface area contributed by atoms with E-state index in [2.05, 4.69) is 27.5 Å². The first kappa shape index (κ1) is 19.9. The molecule has 0 saturated carbocycles. The van der Waals surface area contributed by atoms with E-state index in [4.69, 9.17) is 0 Å².